The van der Waals surface area contributed by atoms with E-state index in [2.05, 4.69) is 81.1 Å². The van der Waals surface area contributed by atoms with Crippen LogP contribution in [-0.2, 0) is 36.9 Å². The number of hydrazine groups is 1. The number of hydrogen-bond donors (Lipinski definition) is 3. The van der Waals surface area contributed by atoms with E-state index in [1.165, 1.54) is 16.0 Å². The number of likely N-dealkylation sites (tertiary alicyclic amines) is 1. The number of pyridine rings is 1. The number of benzene rings is 1. The highest BCUT2D eigenvalue weighted by Crippen LogP contribution is 2.42. The number of hydrogen-bond acceptors (Lipinski definition) is 12. The Kier molecular flexibility index (Phi) is 14.7. The summed E-state index contributed by atoms with van der Waals surface area (Å²) in [5, 5.41) is 12.8. The maximum Gasteiger partial charge on any atom is 0.324 e. The number of cyclic esters (lactones) is 1. The maximum absolute atomic E-state index is 14.7. The number of aryl methyl sites for hydroxylation is 1. The van der Waals surface area contributed by atoms with Gasteiger partial charge >= 0.3 is 12.0 Å². The molecule has 3 fully saturated rings. The van der Waals surface area contributed by atoms with Crippen LogP contribution in [-0.4, -0.2) is 170 Å². The number of carbonyl (C=O) groups excluding carboxylic acids is 5. The molecule has 69 heavy (non-hydrogen) atoms. The van der Waals surface area contributed by atoms with Gasteiger partial charge in [-0.1, -0.05) is 46.4 Å². The SMILES string of the molecule is C=CC(=O)N1CN(C)C2(C1)CN(C(=O)N(C)[C@H](C(=O)NS[C@H]1CN3CCC=C(C3)c3ccc4c(c3)c(c(-c3cccnc3[C@H](C)O)n4CC)CC(C)(C)COC(=O)[C@@H]3CCCN(N3)C1=O)C(C)C)C2. The lowest BCUT2D eigenvalue weighted by atomic mass is 9.84. The molecule has 8 rings (SSSR count). The zero-order valence-corrected chi connectivity index (χ0v) is 42.3. The molecule has 18 heteroatoms. The van der Waals surface area contributed by atoms with E-state index in [4.69, 9.17) is 4.74 Å². The van der Waals surface area contributed by atoms with E-state index in [1.54, 1.807) is 30.0 Å². The van der Waals surface area contributed by atoms with Gasteiger partial charge in [0.15, 0.2) is 0 Å². The van der Waals surface area contributed by atoms with Crippen LogP contribution in [0.3, 0.4) is 0 Å². The number of urea groups is 1. The Bertz CT molecular complexity index is 2520. The molecule has 1 spiro atoms. The van der Waals surface area contributed by atoms with Crippen molar-refractivity contribution in [3.63, 3.8) is 0 Å². The first-order valence-corrected chi connectivity index (χ1v) is 25.3. The summed E-state index contributed by atoms with van der Waals surface area (Å²) in [6.07, 6.45) is 6.90. The van der Waals surface area contributed by atoms with Crippen molar-refractivity contribution >= 4 is 58.1 Å². The predicted octanol–water partition coefficient (Wildman–Crippen LogP) is 4.67. The van der Waals surface area contributed by atoms with Crippen molar-refractivity contribution in [1.29, 1.82) is 0 Å². The van der Waals surface area contributed by atoms with E-state index in [-0.39, 0.29) is 35.9 Å². The molecule has 0 aliphatic carbocycles. The Morgan fingerprint density at radius 2 is 1.87 bits per heavy atom. The maximum atomic E-state index is 14.7. The highest BCUT2D eigenvalue weighted by atomic mass is 32.2. The summed E-state index contributed by atoms with van der Waals surface area (Å²) >= 11 is 1.05. The molecule has 0 radical (unpaired) electrons. The molecule has 5 amide bonds. The van der Waals surface area contributed by atoms with E-state index < -0.39 is 40.7 Å². The first-order valence-electron chi connectivity index (χ1n) is 24.4. The Morgan fingerprint density at radius 1 is 1.12 bits per heavy atom. The number of rotatable bonds is 9. The number of aliphatic hydroxyl groups excluding tert-OH is 1. The van der Waals surface area contributed by atoms with Crippen LogP contribution in [0, 0.1) is 11.3 Å². The molecular formula is C51H70N10O7S. The Morgan fingerprint density at radius 3 is 2.58 bits per heavy atom. The van der Waals surface area contributed by atoms with Crippen LogP contribution in [0.15, 0.2) is 55.3 Å². The lowest BCUT2D eigenvalue weighted by molar-refractivity contribution is -0.154. The fourth-order valence-corrected chi connectivity index (χ4v) is 11.8. The highest BCUT2D eigenvalue weighted by molar-refractivity contribution is 7.99. The molecule has 1 aromatic carbocycles. The molecule has 3 aromatic rings. The van der Waals surface area contributed by atoms with Crippen LogP contribution in [0.4, 0.5) is 4.79 Å². The van der Waals surface area contributed by atoms with Crippen LogP contribution in [0.2, 0.25) is 0 Å². The number of esters is 1. The molecule has 5 aliphatic rings. The molecule has 3 N–H and O–H groups in total. The summed E-state index contributed by atoms with van der Waals surface area (Å²) in [5.74, 6) is -1.49. The second-order valence-electron chi connectivity index (χ2n) is 20.7. The van der Waals surface area contributed by atoms with Crippen LogP contribution in [0.25, 0.3) is 27.7 Å². The second kappa shape index (κ2) is 20.2. The molecule has 17 nitrogen and oxygen atoms in total. The second-order valence-corrected chi connectivity index (χ2v) is 21.8. The topological polar surface area (TPSA) is 176 Å². The van der Waals surface area contributed by atoms with Crippen molar-refractivity contribution in [2.45, 2.75) is 103 Å². The van der Waals surface area contributed by atoms with Gasteiger partial charge in [0.25, 0.3) is 11.8 Å². The van der Waals surface area contributed by atoms with Gasteiger partial charge in [0, 0.05) is 87.5 Å². The normalized spacial score (nSPS) is 23.8. The molecule has 1 unspecified atom stereocenters. The average Bonchev–Trinajstić information content (AvgIpc) is 3.83. The number of nitrogens with one attached hydrogen (secondary N) is 2. The number of aromatic nitrogens is 2. The van der Waals surface area contributed by atoms with Gasteiger partial charge in [0.1, 0.15) is 17.3 Å². The van der Waals surface area contributed by atoms with Crippen LogP contribution in [0.1, 0.15) is 83.7 Å². The molecule has 0 saturated carbocycles. The Labute approximate surface area is 410 Å². The van der Waals surface area contributed by atoms with Crippen LogP contribution >= 0.6 is 11.9 Å². The van der Waals surface area contributed by atoms with Crippen molar-refractivity contribution in [3.05, 3.63) is 72.1 Å². The van der Waals surface area contributed by atoms with E-state index in [0.29, 0.717) is 84.0 Å². The molecular weight excluding hydrogens is 897 g/mol. The molecule has 5 aliphatic heterocycles. The fraction of sp³-hybridized carbons (Fsp3) is 0.569. The third-order valence-electron chi connectivity index (χ3n) is 14.6. The quantitative estimate of drug-likeness (QED) is 0.154. The van der Waals surface area contributed by atoms with Gasteiger partial charge in [0.05, 0.1) is 36.3 Å². The molecule has 372 valence electrons. The summed E-state index contributed by atoms with van der Waals surface area (Å²) in [5.41, 5.74) is 9.13. The number of aliphatic hydroxyl groups is 1. The summed E-state index contributed by atoms with van der Waals surface area (Å²) in [6.45, 7) is 20.0. The largest absolute Gasteiger partial charge is 0.464 e. The van der Waals surface area contributed by atoms with Crippen LogP contribution in [0.5, 0.6) is 0 Å². The molecule has 6 bridgehead atoms. The molecule has 5 atom stereocenters. The Hall–Kier alpha value is -5.27. The third kappa shape index (κ3) is 10.0. The van der Waals surface area contributed by atoms with Crippen molar-refractivity contribution in [1.82, 2.24) is 49.2 Å². The lowest BCUT2D eigenvalue weighted by Gasteiger charge is -2.52. The van der Waals surface area contributed by atoms with E-state index in [1.807, 2.05) is 33.0 Å². The minimum atomic E-state index is -0.836. The van der Waals surface area contributed by atoms with Crippen molar-refractivity contribution in [3.8, 4) is 11.3 Å². The van der Waals surface area contributed by atoms with Crippen molar-refractivity contribution in [2.75, 3.05) is 73.2 Å². The number of likely N-dealkylation sites (N-methyl/N-ethyl adjacent to an activating group) is 2. The summed E-state index contributed by atoms with van der Waals surface area (Å²) in [4.78, 5) is 83.2. The van der Waals surface area contributed by atoms with Gasteiger partial charge in [-0.05, 0) is 111 Å². The lowest BCUT2D eigenvalue weighted by Crippen LogP contribution is -2.72. The van der Waals surface area contributed by atoms with Crippen molar-refractivity contribution in [2.24, 2.45) is 11.3 Å². The summed E-state index contributed by atoms with van der Waals surface area (Å²) in [7, 11) is 3.58. The zero-order chi connectivity index (χ0) is 49.5. The predicted molar refractivity (Wildman–Crippen MR) is 267 cm³/mol. The van der Waals surface area contributed by atoms with Gasteiger partial charge in [-0.25, -0.2) is 10.2 Å². The minimum absolute atomic E-state index is 0.135. The van der Waals surface area contributed by atoms with Gasteiger partial charge in [-0.15, -0.1) is 0 Å². The van der Waals surface area contributed by atoms with Crippen molar-refractivity contribution < 1.29 is 33.8 Å². The smallest absolute Gasteiger partial charge is 0.324 e. The summed E-state index contributed by atoms with van der Waals surface area (Å²) in [6, 6.07) is 8.64. The van der Waals surface area contributed by atoms with Gasteiger partial charge < -0.3 is 29.1 Å². The van der Waals surface area contributed by atoms with Gasteiger partial charge in [-0.3, -0.25) is 43.7 Å². The number of ether oxygens (including phenoxy) is 1. The molecule has 3 saturated heterocycles. The number of carbonyl (C=O) groups is 5. The van der Waals surface area contributed by atoms with Gasteiger partial charge in [-0.2, -0.15) is 0 Å². The zero-order valence-electron chi connectivity index (χ0n) is 41.5. The standard InChI is InChI=1S/C51H70N10O7S/c1-10-42(63)59-29-51(55(8)31-59)27-58(28-51)49(67)56(9)44(32(3)4)46(64)54-69-41-26-57-21-13-15-35(25-57)34-18-19-40-37(23-34)38(45(60(40)11-2)36-16-12-20-52-43(36)33(5)62)24-50(6,7)30-68-48(66)39-17-14-22-61(53-39)47(41)65/h10,12,15-16,18-20,23,32-33,39,41,44,53,62H,1,11,13-14,17,21-22,24-31H2,2-9H3,(H,54,64)/t33-,39-,41-,44-/m0/s1. The van der Waals surface area contributed by atoms with Crippen LogP contribution < -0.4 is 10.1 Å². The molecule has 2 aromatic heterocycles. The number of nitrogens with zero attached hydrogens (tertiary/aromatic N) is 8. The fourth-order valence-electron chi connectivity index (χ4n) is 11.0. The third-order valence-corrected chi connectivity index (χ3v) is 15.6. The summed E-state index contributed by atoms with van der Waals surface area (Å²) < 4.78 is 11.4. The molecule has 7 heterocycles. The number of fused-ring (bicyclic) bond motifs is 6. The highest BCUT2D eigenvalue weighted by Gasteiger charge is 2.54. The van der Waals surface area contributed by atoms with Gasteiger partial charge in [0.2, 0.25) is 5.91 Å². The number of amides is 5. The Balaban J connectivity index is 1.07. The first-order chi connectivity index (χ1) is 32.8. The van der Waals surface area contributed by atoms with E-state index in [9.17, 15) is 29.1 Å². The van der Waals surface area contributed by atoms with E-state index in [0.717, 1.165) is 57.2 Å². The monoisotopic (exact) mass is 967 g/mol. The van der Waals surface area contributed by atoms with E-state index >= 15 is 0 Å². The average molecular weight is 967 g/mol. The minimum Gasteiger partial charge on any atom is -0.464 e. The first kappa shape index (κ1) is 50.1.